The van der Waals surface area contributed by atoms with Gasteiger partial charge in [-0.3, -0.25) is 20.0 Å². The van der Waals surface area contributed by atoms with Gasteiger partial charge in [0.05, 0.1) is 10.5 Å². The van der Waals surface area contributed by atoms with Gasteiger partial charge in [-0.1, -0.05) is 0 Å². The molecule has 1 heterocycles. The number of nitrogens with one attached hydrogen (secondary N) is 3. The molecule has 11 heteroatoms. The number of amides is 1. The van der Waals surface area contributed by atoms with E-state index >= 15 is 0 Å². The number of carbonyl (C=O) groups excluding carboxylic acids is 1. The topological polar surface area (TPSA) is 113 Å². The molecule has 1 aromatic heterocycles. The number of carbonyl (C=O) groups is 1. The predicted molar refractivity (Wildman–Crippen MR) is 82.2 cm³/mol. The van der Waals surface area contributed by atoms with Crippen LogP contribution in [-0.4, -0.2) is 34.1 Å². The first-order valence-electron chi connectivity index (χ1n) is 7.08. The highest BCUT2D eigenvalue weighted by Crippen LogP contribution is 2.34. The standard InChI is InChI=1S/C14H14F3N5O3/c1-8-6-11(21-20-8)13(23)19-5-4-18-10-3-2-9(14(15,16)17)7-12(10)22(24)25/h2-3,6-7,18H,4-5H2,1H3,(H,19,23)(H,20,21). The molecule has 0 saturated carbocycles. The molecule has 0 unspecified atom stereocenters. The van der Waals surface area contributed by atoms with Crippen LogP contribution in [-0.2, 0) is 6.18 Å². The number of alkyl halides is 3. The summed E-state index contributed by atoms with van der Waals surface area (Å²) in [4.78, 5) is 21.8. The van der Waals surface area contributed by atoms with Gasteiger partial charge in [-0.2, -0.15) is 18.3 Å². The molecule has 0 fully saturated rings. The summed E-state index contributed by atoms with van der Waals surface area (Å²) in [5.74, 6) is -0.437. The minimum Gasteiger partial charge on any atom is -0.378 e. The molecule has 2 aromatic rings. The fraction of sp³-hybridized carbons (Fsp3) is 0.286. The van der Waals surface area contributed by atoms with Gasteiger partial charge < -0.3 is 10.6 Å². The zero-order chi connectivity index (χ0) is 18.6. The molecule has 0 bridgehead atoms. The molecular weight excluding hydrogens is 343 g/mol. The first-order chi connectivity index (χ1) is 11.7. The molecule has 0 spiro atoms. The van der Waals surface area contributed by atoms with E-state index in [0.717, 1.165) is 12.1 Å². The van der Waals surface area contributed by atoms with Crippen molar-refractivity contribution in [2.75, 3.05) is 18.4 Å². The van der Waals surface area contributed by atoms with Crippen LogP contribution in [0.1, 0.15) is 21.7 Å². The molecule has 25 heavy (non-hydrogen) atoms. The van der Waals surface area contributed by atoms with Crippen molar-refractivity contribution in [3.05, 3.63) is 51.3 Å². The van der Waals surface area contributed by atoms with E-state index in [-0.39, 0.29) is 24.5 Å². The SMILES string of the molecule is Cc1cc(C(=O)NCCNc2ccc(C(F)(F)F)cc2[N+](=O)[O-])n[nH]1. The van der Waals surface area contributed by atoms with Gasteiger partial charge in [0.25, 0.3) is 11.6 Å². The number of aryl methyl sites for hydroxylation is 1. The van der Waals surface area contributed by atoms with Gasteiger partial charge in [0.1, 0.15) is 11.4 Å². The number of H-pyrrole nitrogens is 1. The minimum atomic E-state index is -4.67. The Kier molecular flexibility index (Phi) is 5.25. The van der Waals surface area contributed by atoms with Crippen molar-refractivity contribution in [1.82, 2.24) is 15.5 Å². The fourth-order valence-electron chi connectivity index (χ4n) is 2.01. The molecule has 1 amide bonds. The number of rotatable bonds is 6. The Bertz CT molecular complexity index is 788. The maximum Gasteiger partial charge on any atom is 0.416 e. The molecule has 3 N–H and O–H groups in total. The van der Waals surface area contributed by atoms with Gasteiger partial charge in [0.15, 0.2) is 0 Å². The van der Waals surface area contributed by atoms with E-state index in [1.165, 1.54) is 0 Å². The zero-order valence-corrected chi connectivity index (χ0v) is 13.0. The summed E-state index contributed by atoms with van der Waals surface area (Å²) >= 11 is 0. The summed E-state index contributed by atoms with van der Waals surface area (Å²) in [6.07, 6.45) is -4.67. The van der Waals surface area contributed by atoms with Crippen molar-refractivity contribution < 1.29 is 22.9 Å². The lowest BCUT2D eigenvalue weighted by atomic mass is 10.1. The quantitative estimate of drug-likeness (QED) is 0.418. The second-order valence-corrected chi connectivity index (χ2v) is 5.11. The molecule has 0 radical (unpaired) electrons. The Hall–Kier alpha value is -3.11. The maximum absolute atomic E-state index is 12.6. The van der Waals surface area contributed by atoms with Gasteiger partial charge in [-0.25, -0.2) is 0 Å². The molecule has 0 aliphatic carbocycles. The zero-order valence-electron chi connectivity index (χ0n) is 13.0. The molecule has 2 rings (SSSR count). The number of nitro benzene ring substituents is 1. The lowest BCUT2D eigenvalue weighted by Crippen LogP contribution is -2.29. The second-order valence-electron chi connectivity index (χ2n) is 5.11. The lowest BCUT2D eigenvalue weighted by Gasteiger charge is -2.10. The van der Waals surface area contributed by atoms with E-state index in [1.54, 1.807) is 13.0 Å². The van der Waals surface area contributed by atoms with E-state index < -0.39 is 28.3 Å². The first-order valence-corrected chi connectivity index (χ1v) is 7.08. The third-order valence-electron chi connectivity index (χ3n) is 3.19. The van der Waals surface area contributed by atoms with Gasteiger partial charge in [-0.05, 0) is 25.1 Å². The number of hydrogen-bond donors (Lipinski definition) is 3. The monoisotopic (exact) mass is 357 g/mol. The van der Waals surface area contributed by atoms with Gasteiger partial charge in [-0.15, -0.1) is 0 Å². The van der Waals surface area contributed by atoms with Crippen LogP contribution in [0.15, 0.2) is 24.3 Å². The van der Waals surface area contributed by atoms with Crippen LogP contribution in [0.25, 0.3) is 0 Å². The highest BCUT2D eigenvalue weighted by Gasteiger charge is 2.32. The summed E-state index contributed by atoms with van der Waals surface area (Å²) < 4.78 is 37.9. The average Bonchev–Trinajstić information content (AvgIpc) is 2.97. The van der Waals surface area contributed by atoms with Crippen molar-refractivity contribution in [3.8, 4) is 0 Å². The Labute approximate surface area is 139 Å². The summed E-state index contributed by atoms with van der Waals surface area (Å²) in [5.41, 5.74) is -0.958. The van der Waals surface area contributed by atoms with Crippen molar-refractivity contribution in [1.29, 1.82) is 0 Å². The Balaban J connectivity index is 1.96. The number of hydrogen-bond acceptors (Lipinski definition) is 5. The number of nitrogens with zero attached hydrogens (tertiary/aromatic N) is 2. The van der Waals surface area contributed by atoms with E-state index in [4.69, 9.17) is 0 Å². The summed E-state index contributed by atoms with van der Waals surface area (Å²) in [6.45, 7) is 1.92. The molecular formula is C14H14F3N5O3. The Morgan fingerprint density at radius 1 is 1.32 bits per heavy atom. The largest absolute Gasteiger partial charge is 0.416 e. The molecule has 0 atom stereocenters. The number of nitro groups is 1. The van der Waals surface area contributed by atoms with Gasteiger partial charge in [0, 0.05) is 24.8 Å². The number of aromatic amines is 1. The number of benzene rings is 1. The molecule has 1 aromatic carbocycles. The number of aromatic nitrogens is 2. The van der Waals surface area contributed by atoms with E-state index in [0.29, 0.717) is 11.8 Å². The number of anilines is 1. The van der Waals surface area contributed by atoms with Crippen LogP contribution >= 0.6 is 0 Å². The fourth-order valence-corrected chi connectivity index (χ4v) is 2.01. The smallest absolute Gasteiger partial charge is 0.378 e. The average molecular weight is 357 g/mol. The van der Waals surface area contributed by atoms with Gasteiger partial charge >= 0.3 is 6.18 Å². The van der Waals surface area contributed by atoms with Crippen molar-refractivity contribution >= 4 is 17.3 Å². The molecule has 0 aliphatic rings. The van der Waals surface area contributed by atoms with E-state index in [9.17, 15) is 28.1 Å². The van der Waals surface area contributed by atoms with Gasteiger partial charge in [0.2, 0.25) is 0 Å². The van der Waals surface area contributed by atoms with E-state index in [1.807, 2.05) is 0 Å². The molecule has 0 aliphatic heterocycles. The van der Waals surface area contributed by atoms with Crippen molar-refractivity contribution in [2.45, 2.75) is 13.1 Å². The van der Waals surface area contributed by atoms with E-state index in [2.05, 4.69) is 20.8 Å². The summed E-state index contributed by atoms with van der Waals surface area (Å²) in [6, 6.07) is 3.75. The van der Waals surface area contributed by atoms with Crippen molar-refractivity contribution in [2.24, 2.45) is 0 Å². The molecule has 0 saturated heterocycles. The Morgan fingerprint density at radius 2 is 2.04 bits per heavy atom. The van der Waals surface area contributed by atoms with Crippen LogP contribution in [0.2, 0.25) is 0 Å². The highest BCUT2D eigenvalue weighted by molar-refractivity contribution is 5.92. The van der Waals surface area contributed by atoms with Crippen molar-refractivity contribution in [3.63, 3.8) is 0 Å². The predicted octanol–water partition coefficient (Wildman–Crippen LogP) is 2.49. The van der Waals surface area contributed by atoms with Crippen LogP contribution in [0.3, 0.4) is 0 Å². The Morgan fingerprint density at radius 3 is 2.60 bits per heavy atom. The number of halogens is 3. The van der Waals surface area contributed by atoms with Crippen LogP contribution in [0, 0.1) is 17.0 Å². The normalized spacial score (nSPS) is 11.2. The molecule has 134 valence electrons. The van der Waals surface area contributed by atoms with Crippen LogP contribution in [0.4, 0.5) is 24.5 Å². The summed E-state index contributed by atoms with van der Waals surface area (Å²) in [5, 5.41) is 22.5. The van der Waals surface area contributed by atoms with Crippen LogP contribution in [0.5, 0.6) is 0 Å². The highest BCUT2D eigenvalue weighted by atomic mass is 19.4. The third kappa shape index (κ3) is 4.68. The first kappa shape index (κ1) is 18.2. The van der Waals surface area contributed by atoms with Crippen LogP contribution < -0.4 is 10.6 Å². The lowest BCUT2D eigenvalue weighted by molar-refractivity contribution is -0.384. The third-order valence-corrected chi connectivity index (χ3v) is 3.19. The summed E-state index contributed by atoms with van der Waals surface area (Å²) in [7, 11) is 0. The minimum absolute atomic E-state index is 0.0668. The maximum atomic E-state index is 12.6. The molecule has 8 nitrogen and oxygen atoms in total. The second kappa shape index (κ2) is 7.20.